The molecule has 216 valence electrons. The molecular weight excluding hydrogens is 450 g/mol. The van der Waals surface area contributed by atoms with Crippen LogP contribution in [0.2, 0.25) is 0 Å². The summed E-state index contributed by atoms with van der Waals surface area (Å²) in [6.45, 7) is 2.60. The Morgan fingerprint density at radius 2 is 0.528 bits per heavy atom. The molecule has 4 N–H and O–H groups in total. The van der Waals surface area contributed by atoms with Crippen LogP contribution in [0.1, 0.15) is 167 Å². The summed E-state index contributed by atoms with van der Waals surface area (Å²) in [6.07, 6.45) is 33.2. The second-order valence-corrected chi connectivity index (χ2v) is 10.7. The van der Waals surface area contributed by atoms with E-state index in [4.69, 9.17) is 21.1 Å². The molecule has 6 heteroatoms. The van der Waals surface area contributed by atoms with Gasteiger partial charge in [0.1, 0.15) is 4.91 Å². The van der Waals surface area contributed by atoms with Crippen molar-refractivity contribution in [3.63, 3.8) is 0 Å². The summed E-state index contributed by atoms with van der Waals surface area (Å²) in [6, 6.07) is 0. The Balaban J connectivity index is 3.14. The topological polar surface area (TPSA) is 90.6 Å². The van der Waals surface area contributed by atoms with E-state index in [-0.39, 0.29) is 0 Å². The van der Waals surface area contributed by atoms with Crippen LogP contribution in [-0.4, -0.2) is 31.4 Å². The average Bonchev–Trinajstić information content (AvgIpc) is 2.88. The van der Waals surface area contributed by atoms with Gasteiger partial charge < -0.3 is 11.5 Å². The second-order valence-electron chi connectivity index (χ2n) is 10.7. The van der Waals surface area contributed by atoms with Crippen LogP contribution in [0.5, 0.6) is 0 Å². The van der Waals surface area contributed by atoms with Crippen molar-refractivity contribution in [1.82, 2.24) is 0 Å². The Labute approximate surface area is 224 Å². The first-order valence-electron chi connectivity index (χ1n) is 15.9. The number of unbranched alkanes of at least 4 members (excludes halogenated alkanes) is 24. The molecule has 0 spiro atoms. The summed E-state index contributed by atoms with van der Waals surface area (Å²) in [7, 11) is 0. The van der Waals surface area contributed by atoms with Crippen LogP contribution in [0.25, 0.3) is 0 Å². The Morgan fingerprint density at radius 1 is 0.333 bits per heavy atom. The lowest BCUT2D eigenvalue weighted by atomic mass is 10.0. The lowest BCUT2D eigenvalue weighted by molar-refractivity contribution is -0.981. The smallest absolute Gasteiger partial charge is 0.330 e. The van der Waals surface area contributed by atoms with Crippen molar-refractivity contribution in [2.75, 3.05) is 26.3 Å². The van der Waals surface area contributed by atoms with Crippen molar-refractivity contribution >= 4 is 0 Å². The highest BCUT2D eigenvalue weighted by Gasteiger charge is 2.11. The van der Waals surface area contributed by atoms with Crippen LogP contribution in [-0.2, 0) is 9.68 Å². The van der Waals surface area contributed by atoms with Crippen LogP contribution < -0.4 is 11.5 Å². The van der Waals surface area contributed by atoms with Crippen molar-refractivity contribution in [2.45, 2.75) is 167 Å². The van der Waals surface area contributed by atoms with Gasteiger partial charge >= 0.3 is 5.09 Å². The molecule has 0 aliphatic rings. The molecule has 0 aliphatic carbocycles. The fourth-order valence-electron chi connectivity index (χ4n) is 4.70. The minimum atomic E-state index is 0.325. The van der Waals surface area contributed by atoms with Crippen molar-refractivity contribution in [3.8, 4) is 0 Å². The average molecular weight is 515 g/mol. The van der Waals surface area contributed by atoms with Gasteiger partial charge in [-0.25, -0.2) is 0 Å². The number of hydrogen-bond donors (Lipinski definition) is 2. The molecule has 0 aromatic rings. The molecule has 0 unspecified atom stereocenters. The Hall–Kier alpha value is -0.880. The highest BCUT2D eigenvalue weighted by atomic mass is 17.0. The van der Waals surface area contributed by atoms with Gasteiger partial charge in [-0.15, -0.1) is 0 Å². The summed E-state index contributed by atoms with van der Waals surface area (Å²) >= 11 is 0. The quantitative estimate of drug-likeness (QED) is 0.0692. The second kappa shape index (κ2) is 32.1. The number of rotatable bonds is 32. The molecule has 0 aromatic heterocycles. The third kappa shape index (κ3) is 31.2. The number of nitrogens with zero attached hydrogens (tertiary/aromatic N) is 1. The largest absolute Gasteiger partial charge is 0.477 e. The van der Waals surface area contributed by atoms with E-state index in [2.05, 4.69) is 0 Å². The van der Waals surface area contributed by atoms with Crippen molar-refractivity contribution < 1.29 is 14.8 Å². The standard InChI is InChI=1S/C30H64N3O3/c31-27-23-19-15-11-7-3-1-5-9-13-17-21-25-29-35-33(34)36-30-26-22-18-14-10-6-2-4-8-12-16-20-24-28-32/h1-32H2/q+1. The van der Waals surface area contributed by atoms with Gasteiger partial charge in [0.25, 0.3) is 0 Å². The fraction of sp³-hybridized carbons (Fsp3) is 1.00. The van der Waals surface area contributed by atoms with E-state index in [0.717, 1.165) is 38.8 Å². The molecule has 0 aliphatic heterocycles. The summed E-state index contributed by atoms with van der Waals surface area (Å²) < 4.78 is 0. The van der Waals surface area contributed by atoms with E-state index in [1.807, 2.05) is 0 Å². The van der Waals surface area contributed by atoms with Gasteiger partial charge in [0.2, 0.25) is 0 Å². The van der Waals surface area contributed by atoms with Crippen LogP contribution >= 0.6 is 0 Å². The molecule has 6 nitrogen and oxygen atoms in total. The summed E-state index contributed by atoms with van der Waals surface area (Å²) in [4.78, 5) is 21.8. The van der Waals surface area contributed by atoms with E-state index in [9.17, 15) is 4.91 Å². The molecule has 0 rings (SSSR count). The summed E-state index contributed by atoms with van der Waals surface area (Å²) in [5, 5.41) is 0.325. The fourth-order valence-corrected chi connectivity index (χ4v) is 4.70. The third-order valence-electron chi connectivity index (χ3n) is 7.09. The molecule has 0 heterocycles. The number of hydrogen-bond acceptors (Lipinski definition) is 5. The molecule has 0 saturated heterocycles. The van der Waals surface area contributed by atoms with Crippen LogP contribution in [0.4, 0.5) is 0 Å². The van der Waals surface area contributed by atoms with Gasteiger partial charge in [0.05, 0.1) is 0 Å². The van der Waals surface area contributed by atoms with Crippen molar-refractivity contribution in [3.05, 3.63) is 4.91 Å². The molecule has 0 saturated carbocycles. The first kappa shape index (κ1) is 35.1. The first-order valence-corrected chi connectivity index (χ1v) is 15.9. The lowest BCUT2D eigenvalue weighted by Gasteiger charge is -2.03. The molecule has 0 atom stereocenters. The lowest BCUT2D eigenvalue weighted by Crippen LogP contribution is -2.12. The van der Waals surface area contributed by atoms with E-state index in [1.165, 1.54) is 141 Å². The van der Waals surface area contributed by atoms with Gasteiger partial charge in [-0.1, -0.05) is 128 Å². The van der Waals surface area contributed by atoms with E-state index < -0.39 is 0 Å². The zero-order chi connectivity index (χ0) is 26.2. The Bertz CT molecular complexity index is 388. The third-order valence-corrected chi connectivity index (χ3v) is 7.09. The highest BCUT2D eigenvalue weighted by molar-refractivity contribution is 4.50. The highest BCUT2D eigenvalue weighted by Crippen LogP contribution is 2.14. The maximum Gasteiger partial charge on any atom is 0.477 e. The maximum absolute atomic E-state index is 11.6. The maximum atomic E-state index is 11.6. The van der Waals surface area contributed by atoms with Gasteiger partial charge in [0, 0.05) is 0 Å². The predicted octanol–water partition coefficient (Wildman–Crippen LogP) is 8.69. The zero-order valence-corrected chi connectivity index (χ0v) is 24.0. The first-order chi connectivity index (χ1) is 17.8. The van der Waals surface area contributed by atoms with Crippen LogP contribution in [0.3, 0.4) is 0 Å². The molecule has 0 bridgehead atoms. The monoisotopic (exact) mass is 514 g/mol. The molecule has 36 heavy (non-hydrogen) atoms. The van der Waals surface area contributed by atoms with Crippen molar-refractivity contribution in [2.24, 2.45) is 11.5 Å². The van der Waals surface area contributed by atoms with E-state index in [0.29, 0.717) is 18.3 Å². The normalized spacial score (nSPS) is 11.2. The van der Waals surface area contributed by atoms with Gasteiger partial charge in [-0.3, -0.25) is 0 Å². The predicted molar refractivity (Wildman–Crippen MR) is 154 cm³/mol. The van der Waals surface area contributed by atoms with E-state index >= 15 is 0 Å². The Morgan fingerprint density at radius 3 is 0.750 bits per heavy atom. The molecule has 0 aromatic carbocycles. The minimum Gasteiger partial charge on any atom is -0.330 e. The summed E-state index contributed by atoms with van der Waals surface area (Å²) in [5.74, 6) is 0. The molecule has 0 amide bonds. The van der Waals surface area contributed by atoms with Crippen molar-refractivity contribution in [1.29, 1.82) is 0 Å². The van der Waals surface area contributed by atoms with Gasteiger partial charge in [-0.05, 0) is 51.6 Å². The molecule has 0 radical (unpaired) electrons. The number of nitrogens with two attached hydrogens (primary N) is 2. The minimum absolute atomic E-state index is 0.325. The SMILES string of the molecule is NCCCCCCCCCCCCCCCO[N+](=O)OCCCCCCCCCCCCCCCN. The molecular formula is C30H64N3O3+. The van der Waals surface area contributed by atoms with Crippen LogP contribution in [0, 0.1) is 4.91 Å². The van der Waals surface area contributed by atoms with Crippen LogP contribution in [0.15, 0.2) is 0 Å². The zero-order valence-electron chi connectivity index (χ0n) is 24.0. The molecule has 0 fully saturated rings. The Kier molecular flexibility index (Phi) is 31.4. The van der Waals surface area contributed by atoms with Gasteiger partial charge in [-0.2, -0.15) is 9.68 Å². The van der Waals surface area contributed by atoms with Gasteiger partial charge in [0.15, 0.2) is 13.2 Å². The van der Waals surface area contributed by atoms with E-state index in [1.54, 1.807) is 0 Å². The summed E-state index contributed by atoms with van der Waals surface area (Å²) in [5.41, 5.74) is 11.0.